The van der Waals surface area contributed by atoms with Crippen molar-refractivity contribution < 1.29 is 28.5 Å². The minimum atomic E-state index is -0.681. The molecule has 0 radical (unpaired) electrons. The van der Waals surface area contributed by atoms with E-state index in [4.69, 9.17) is 47.4 Å². The number of fused-ring (bicyclic) bond motifs is 2. The Morgan fingerprint density at radius 2 is 1.60 bits per heavy atom. The summed E-state index contributed by atoms with van der Waals surface area (Å²) in [6.07, 6.45) is 1.27. The fourth-order valence-electron chi connectivity index (χ4n) is 7.63. The van der Waals surface area contributed by atoms with Crippen LogP contribution in [0.3, 0.4) is 0 Å². The van der Waals surface area contributed by atoms with Crippen LogP contribution < -0.4 is 19.5 Å². The van der Waals surface area contributed by atoms with Crippen LogP contribution >= 0.6 is 23.2 Å². The van der Waals surface area contributed by atoms with Gasteiger partial charge < -0.3 is 29.2 Å². The van der Waals surface area contributed by atoms with Crippen molar-refractivity contribution in [3.63, 3.8) is 0 Å². The van der Waals surface area contributed by atoms with Crippen LogP contribution in [0.25, 0.3) is 11.1 Å². The van der Waals surface area contributed by atoms with Gasteiger partial charge in [-0.3, -0.25) is 9.59 Å². The molecule has 0 saturated carbocycles. The average Bonchev–Trinajstić information content (AvgIpc) is 3.78. The fourth-order valence-corrected chi connectivity index (χ4v) is 7.95. The van der Waals surface area contributed by atoms with Gasteiger partial charge in [0.1, 0.15) is 25.0 Å². The SMILES string of the molecule is C[C@H](Cc1ccc(-c2ccc(C#N)cc2)cc1)NC(=O)[C@@H]1Cc2cc3c(cc2CN1C(=O)C1CCOC1)OC(c1ccc(OCc2ccc(Cl)c(Cl)c2)cc1)CO3. The van der Waals surface area contributed by atoms with E-state index in [1.807, 2.05) is 73.7 Å². The van der Waals surface area contributed by atoms with Gasteiger partial charge in [0.05, 0.1) is 34.2 Å². The van der Waals surface area contributed by atoms with Crippen LogP contribution in [0.5, 0.6) is 17.2 Å². The molecule has 290 valence electrons. The van der Waals surface area contributed by atoms with Crippen LogP contribution in [0, 0.1) is 17.2 Å². The van der Waals surface area contributed by atoms with E-state index < -0.39 is 6.04 Å². The van der Waals surface area contributed by atoms with Crippen molar-refractivity contribution in [3.8, 4) is 34.4 Å². The monoisotopic (exact) mass is 801 g/mol. The Hall–Kier alpha value is -5.53. The van der Waals surface area contributed by atoms with Gasteiger partial charge in [0, 0.05) is 25.6 Å². The summed E-state index contributed by atoms with van der Waals surface area (Å²) in [7, 11) is 0. The lowest BCUT2D eigenvalue weighted by molar-refractivity contribution is -0.145. The van der Waals surface area contributed by atoms with E-state index in [1.54, 1.807) is 17.0 Å². The van der Waals surface area contributed by atoms with E-state index in [1.165, 1.54) is 0 Å². The van der Waals surface area contributed by atoms with Gasteiger partial charge in [0.2, 0.25) is 11.8 Å². The molecule has 3 aliphatic heterocycles. The molecule has 0 spiro atoms. The van der Waals surface area contributed by atoms with Gasteiger partial charge >= 0.3 is 0 Å². The van der Waals surface area contributed by atoms with Crippen LogP contribution in [0.2, 0.25) is 10.0 Å². The lowest BCUT2D eigenvalue weighted by atomic mass is 9.90. The molecule has 0 aliphatic carbocycles. The average molecular weight is 803 g/mol. The zero-order chi connectivity index (χ0) is 39.5. The van der Waals surface area contributed by atoms with Crippen LogP contribution in [-0.2, 0) is 40.3 Å². The summed E-state index contributed by atoms with van der Waals surface area (Å²) in [6, 6.07) is 34.1. The molecule has 1 saturated heterocycles. The van der Waals surface area contributed by atoms with Gasteiger partial charge in [-0.15, -0.1) is 0 Å². The Bertz CT molecular complexity index is 2300. The Kier molecular flexibility index (Phi) is 11.4. The number of nitrogens with zero attached hydrogens (tertiary/aromatic N) is 2. The topological polar surface area (TPSA) is 110 Å². The number of nitriles is 1. The number of rotatable bonds is 10. The molecule has 5 aromatic carbocycles. The fraction of sp³-hybridized carbons (Fsp3) is 0.283. The Labute approximate surface area is 342 Å². The van der Waals surface area contributed by atoms with E-state index in [2.05, 4.69) is 35.7 Å². The molecule has 3 heterocycles. The van der Waals surface area contributed by atoms with Crippen molar-refractivity contribution in [2.75, 3.05) is 19.8 Å². The molecule has 1 fully saturated rings. The third-order valence-corrected chi connectivity index (χ3v) is 11.5. The van der Waals surface area contributed by atoms with E-state index in [0.717, 1.165) is 38.9 Å². The van der Waals surface area contributed by atoms with Crippen LogP contribution in [0.4, 0.5) is 0 Å². The number of amides is 2. The van der Waals surface area contributed by atoms with Crippen molar-refractivity contribution in [1.82, 2.24) is 10.2 Å². The lowest BCUT2D eigenvalue weighted by Crippen LogP contribution is -2.55. The van der Waals surface area contributed by atoms with Gasteiger partial charge in [-0.1, -0.05) is 77.8 Å². The zero-order valence-corrected chi connectivity index (χ0v) is 32.9. The maximum Gasteiger partial charge on any atom is 0.243 e. The smallest absolute Gasteiger partial charge is 0.243 e. The van der Waals surface area contributed by atoms with Crippen molar-refractivity contribution in [2.45, 2.75) is 57.5 Å². The molecule has 3 aliphatic rings. The Morgan fingerprint density at radius 3 is 2.30 bits per heavy atom. The van der Waals surface area contributed by atoms with E-state index in [9.17, 15) is 9.59 Å². The molecular formula is C46H41Cl2N3O6. The summed E-state index contributed by atoms with van der Waals surface area (Å²) in [5.41, 5.74) is 7.52. The van der Waals surface area contributed by atoms with Crippen LogP contribution in [0.15, 0.2) is 103 Å². The maximum atomic E-state index is 14.0. The molecule has 5 aromatic rings. The van der Waals surface area contributed by atoms with Gasteiger partial charge in [-0.25, -0.2) is 0 Å². The van der Waals surface area contributed by atoms with Gasteiger partial charge in [0.25, 0.3) is 0 Å². The first-order chi connectivity index (χ1) is 27.7. The second-order valence-electron chi connectivity index (χ2n) is 14.8. The third kappa shape index (κ3) is 8.74. The number of carbonyl (C=O) groups is 2. The van der Waals surface area contributed by atoms with E-state index >= 15 is 0 Å². The molecule has 0 aromatic heterocycles. The van der Waals surface area contributed by atoms with Crippen LogP contribution in [0.1, 0.15) is 52.8 Å². The molecule has 2 unspecified atom stereocenters. The lowest BCUT2D eigenvalue weighted by Gasteiger charge is -2.38. The number of ether oxygens (including phenoxy) is 4. The number of carbonyl (C=O) groups excluding carboxylic acids is 2. The number of hydrogen-bond acceptors (Lipinski definition) is 7. The number of nitrogens with one attached hydrogen (secondary N) is 1. The standard InChI is InChI=1S/C46H41Cl2N3O6/c1-28(18-29-2-7-32(8-3-29)33-9-4-30(23-49)5-10-33)50-45(52)41-20-36-21-42-43(22-37(36)24-51(41)46(53)35-16-17-54-26-35)57-44(27-56-42)34-11-13-38(14-12-34)55-25-31-6-15-39(47)40(48)19-31/h2-15,19,21-22,28,35,41,44H,16-18,20,24-27H2,1H3,(H,50,52)/t28-,35?,41+,44?/m1/s1. The molecule has 2 amide bonds. The summed E-state index contributed by atoms with van der Waals surface area (Å²) in [6.45, 7) is 3.81. The summed E-state index contributed by atoms with van der Waals surface area (Å²) < 4.78 is 24.3. The zero-order valence-electron chi connectivity index (χ0n) is 31.4. The summed E-state index contributed by atoms with van der Waals surface area (Å²) in [5, 5.41) is 13.3. The normalized spacial score (nSPS) is 18.9. The molecule has 1 N–H and O–H groups in total. The first-order valence-electron chi connectivity index (χ1n) is 19.1. The highest BCUT2D eigenvalue weighted by Gasteiger charge is 2.40. The largest absolute Gasteiger partial charge is 0.489 e. The second kappa shape index (κ2) is 16.9. The minimum absolute atomic E-state index is 0.0708. The number of benzene rings is 5. The summed E-state index contributed by atoms with van der Waals surface area (Å²) in [4.78, 5) is 29.7. The molecule has 0 bridgehead atoms. The van der Waals surface area contributed by atoms with E-state index in [0.29, 0.717) is 78.5 Å². The van der Waals surface area contributed by atoms with Crippen molar-refractivity contribution >= 4 is 35.0 Å². The first kappa shape index (κ1) is 38.3. The minimum Gasteiger partial charge on any atom is -0.489 e. The highest BCUT2D eigenvalue weighted by Crippen LogP contribution is 2.41. The molecule has 8 rings (SSSR count). The number of hydrogen-bond donors (Lipinski definition) is 1. The van der Waals surface area contributed by atoms with Gasteiger partial charge in [-0.05, 0) is 107 Å². The number of halogens is 2. The summed E-state index contributed by atoms with van der Waals surface area (Å²) in [5.74, 6) is 1.38. The summed E-state index contributed by atoms with van der Waals surface area (Å²) >= 11 is 12.2. The Balaban J connectivity index is 0.932. The highest BCUT2D eigenvalue weighted by atomic mass is 35.5. The predicted octanol–water partition coefficient (Wildman–Crippen LogP) is 8.66. The maximum absolute atomic E-state index is 14.0. The quantitative estimate of drug-likeness (QED) is 0.151. The predicted molar refractivity (Wildman–Crippen MR) is 217 cm³/mol. The van der Waals surface area contributed by atoms with Crippen molar-refractivity contribution in [2.24, 2.45) is 5.92 Å². The second-order valence-corrected chi connectivity index (χ2v) is 15.7. The Morgan fingerprint density at radius 1 is 0.877 bits per heavy atom. The van der Waals surface area contributed by atoms with E-state index in [-0.39, 0.29) is 36.4 Å². The van der Waals surface area contributed by atoms with Crippen molar-refractivity contribution in [1.29, 1.82) is 5.26 Å². The van der Waals surface area contributed by atoms with Crippen molar-refractivity contribution in [3.05, 3.63) is 147 Å². The molecule has 4 atom stereocenters. The first-order valence-corrected chi connectivity index (χ1v) is 19.9. The molecule has 9 nitrogen and oxygen atoms in total. The van der Waals surface area contributed by atoms with Gasteiger partial charge in [-0.2, -0.15) is 5.26 Å². The van der Waals surface area contributed by atoms with Crippen LogP contribution in [-0.4, -0.2) is 48.6 Å². The van der Waals surface area contributed by atoms with Gasteiger partial charge in [0.15, 0.2) is 17.6 Å². The highest BCUT2D eigenvalue weighted by molar-refractivity contribution is 6.42. The molecule has 11 heteroatoms. The molecule has 57 heavy (non-hydrogen) atoms. The molecular weight excluding hydrogens is 761 g/mol. The third-order valence-electron chi connectivity index (χ3n) is 10.8.